The zero-order valence-electron chi connectivity index (χ0n) is 12.7. The Kier molecular flexibility index (Phi) is 5.25. The van der Waals surface area contributed by atoms with E-state index >= 15 is 0 Å². The van der Waals surface area contributed by atoms with E-state index in [0.29, 0.717) is 5.56 Å². The molecule has 0 aromatic heterocycles. The van der Waals surface area contributed by atoms with Crippen LogP contribution in [0.5, 0.6) is 5.75 Å². The molecular formula is C15H15N3O6. The van der Waals surface area contributed by atoms with Crippen LogP contribution < -0.4 is 10.6 Å². The van der Waals surface area contributed by atoms with Crippen LogP contribution in [0.4, 0.5) is 4.79 Å². The topological polar surface area (TPSA) is 134 Å². The normalized spacial score (nSPS) is 16.6. The molecule has 1 aliphatic rings. The van der Waals surface area contributed by atoms with Crippen molar-refractivity contribution < 1.29 is 29.0 Å². The Bertz CT molecular complexity index is 678. The summed E-state index contributed by atoms with van der Waals surface area (Å²) in [6, 6.07) is 4.27. The molecule has 1 aliphatic heterocycles. The average molecular weight is 333 g/mol. The maximum atomic E-state index is 11.8. The highest BCUT2D eigenvalue weighted by molar-refractivity contribution is 6.23. The minimum atomic E-state index is -1.31. The van der Waals surface area contributed by atoms with E-state index in [2.05, 4.69) is 9.73 Å². The number of benzene rings is 1. The first-order valence-electron chi connectivity index (χ1n) is 6.95. The van der Waals surface area contributed by atoms with Gasteiger partial charge in [-0.15, -0.1) is 0 Å². The third-order valence-corrected chi connectivity index (χ3v) is 3.29. The third-order valence-electron chi connectivity index (χ3n) is 3.29. The summed E-state index contributed by atoms with van der Waals surface area (Å²) in [5.74, 6) is -3.51. The second kappa shape index (κ2) is 7.36. The number of hydrogen-bond donors (Lipinski definition) is 3. The Morgan fingerprint density at radius 2 is 1.83 bits per heavy atom. The van der Waals surface area contributed by atoms with Gasteiger partial charge in [-0.3, -0.25) is 25.2 Å². The minimum absolute atomic E-state index is 0.0806. The van der Waals surface area contributed by atoms with Crippen molar-refractivity contribution in [3.8, 4) is 5.75 Å². The summed E-state index contributed by atoms with van der Waals surface area (Å²) in [4.78, 5) is 50.1. The molecule has 2 rings (SSSR count). The monoisotopic (exact) mass is 333 g/mol. The van der Waals surface area contributed by atoms with E-state index in [1.807, 2.05) is 10.6 Å². The predicted octanol–water partition coefficient (Wildman–Crippen LogP) is -0.471. The van der Waals surface area contributed by atoms with E-state index in [-0.39, 0.29) is 12.2 Å². The van der Waals surface area contributed by atoms with Gasteiger partial charge in [-0.25, -0.2) is 9.59 Å². The van der Waals surface area contributed by atoms with Gasteiger partial charge in [0.15, 0.2) is 12.0 Å². The van der Waals surface area contributed by atoms with Gasteiger partial charge in [0.05, 0.1) is 7.11 Å². The number of phenols is 1. The van der Waals surface area contributed by atoms with Crippen LogP contribution in [0.1, 0.15) is 5.56 Å². The van der Waals surface area contributed by atoms with Crippen LogP contribution in [0.25, 0.3) is 0 Å². The predicted molar refractivity (Wildman–Crippen MR) is 81.3 cm³/mol. The Hall–Kier alpha value is -3.23. The average Bonchev–Trinajstić information content (AvgIpc) is 2.53. The van der Waals surface area contributed by atoms with Crippen LogP contribution in [0, 0.1) is 5.92 Å². The lowest BCUT2D eigenvalue weighted by molar-refractivity contribution is -0.142. The molecule has 0 aliphatic carbocycles. The molecule has 1 heterocycles. The van der Waals surface area contributed by atoms with Crippen molar-refractivity contribution in [3.63, 3.8) is 0 Å². The molecule has 0 spiro atoms. The van der Waals surface area contributed by atoms with Crippen molar-refractivity contribution in [1.82, 2.24) is 10.6 Å². The van der Waals surface area contributed by atoms with Gasteiger partial charge in [0.25, 0.3) is 0 Å². The van der Waals surface area contributed by atoms with Gasteiger partial charge in [0.1, 0.15) is 5.75 Å². The van der Waals surface area contributed by atoms with Crippen LogP contribution in [-0.2, 0) is 25.5 Å². The van der Waals surface area contributed by atoms with Crippen molar-refractivity contribution in [2.75, 3.05) is 7.11 Å². The largest absolute Gasteiger partial charge is 0.508 e. The Balaban J connectivity index is 2.14. The maximum absolute atomic E-state index is 11.8. The number of urea groups is 1. The fraction of sp³-hybridized carbons (Fsp3) is 0.267. The van der Waals surface area contributed by atoms with E-state index < -0.39 is 35.8 Å². The van der Waals surface area contributed by atoms with Crippen molar-refractivity contribution in [2.24, 2.45) is 10.9 Å². The number of esters is 1. The number of rotatable bonds is 5. The van der Waals surface area contributed by atoms with E-state index in [4.69, 9.17) is 0 Å². The number of phenolic OH excluding ortho intramolecular Hbond substituents is 1. The summed E-state index contributed by atoms with van der Waals surface area (Å²) >= 11 is 0. The zero-order valence-corrected chi connectivity index (χ0v) is 12.7. The molecule has 0 bridgehead atoms. The fourth-order valence-electron chi connectivity index (χ4n) is 2.04. The molecule has 0 saturated carbocycles. The van der Waals surface area contributed by atoms with E-state index in [0.717, 1.165) is 6.21 Å². The number of hydrogen-bond acceptors (Lipinski definition) is 7. The van der Waals surface area contributed by atoms with Gasteiger partial charge in [-0.1, -0.05) is 12.1 Å². The highest BCUT2D eigenvalue weighted by Gasteiger charge is 2.33. The molecule has 1 saturated heterocycles. The molecule has 3 N–H and O–H groups in total. The number of amides is 4. The van der Waals surface area contributed by atoms with Crippen molar-refractivity contribution in [1.29, 1.82) is 0 Å². The van der Waals surface area contributed by atoms with Crippen molar-refractivity contribution in [3.05, 3.63) is 29.8 Å². The lowest BCUT2D eigenvalue weighted by Crippen LogP contribution is -2.56. The molecule has 1 fully saturated rings. The van der Waals surface area contributed by atoms with E-state index in [9.17, 15) is 24.3 Å². The highest BCUT2D eigenvalue weighted by atomic mass is 16.5. The van der Waals surface area contributed by atoms with Crippen LogP contribution in [0.2, 0.25) is 0 Å². The first kappa shape index (κ1) is 17.1. The molecule has 1 aromatic carbocycles. The number of barbiturate groups is 1. The standard InChI is InChI=1S/C15H15N3O6/c1-24-14(22)11(6-8-2-4-9(19)5-3-8)16-7-10-12(20)17-15(23)18-13(10)21/h2-5,7,10-11,19H,6H2,1H3,(H2,17,18,20,21,23)/t11-/m1/s1. The molecule has 24 heavy (non-hydrogen) atoms. The summed E-state index contributed by atoms with van der Waals surface area (Å²) < 4.78 is 4.66. The molecular weight excluding hydrogens is 318 g/mol. The van der Waals surface area contributed by atoms with Crippen LogP contribution in [-0.4, -0.2) is 48.3 Å². The minimum Gasteiger partial charge on any atom is -0.508 e. The third kappa shape index (κ3) is 4.15. The van der Waals surface area contributed by atoms with Gasteiger partial charge in [-0.05, 0) is 17.7 Å². The van der Waals surface area contributed by atoms with Gasteiger partial charge in [0.2, 0.25) is 11.8 Å². The van der Waals surface area contributed by atoms with Gasteiger partial charge in [-0.2, -0.15) is 0 Å². The Labute approximate surface area is 136 Å². The molecule has 1 atom stereocenters. The smallest absolute Gasteiger partial charge is 0.330 e. The molecule has 0 radical (unpaired) electrons. The first-order chi connectivity index (χ1) is 11.4. The summed E-state index contributed by atoms with van der Waals surface area (Å²) in [6.45, 7) is 0. The van der Waals surface area contributed by atoms with Crippen LogP contribution >= 0.6 is 0 Å². The van der Waals surface area contributed by atoms with Crippen LogP contribution in [0.3, 0.4) is 0 Å². The number of aromatic hydroxyl groups is 1. The molecule has 126 valence electrons. The lowest BCUT2D eigenvalue weighted by Gasteiger charge is -2.18. The number of carbonyl (C=O) groups is 4. The summed E-state index contributed by atoms with van der Waals surface area (Å²) in [5.41, 5.74) is 0.702. The summed E-state index contributed by atoms with van der Waals surface area (Å²) in [5, 5.41) is 13.1. The first-order valence-corrected chi connectivity index (χ1v) is 6.95. The second-order valence-corrected chi connectivity index (χ2v) is 4.99. The van der Waals surface area contributed by atoms with Crippen molar-refractivity contribution in [2.45, 2.75) is 12.5 Å². The Morgan fingerprint density at radius 1 is 1.25 bits per heavy atom. The summed E-state index contributed by atoms with van der Waals surface area (Å²) in [7, 11) is 1.19. The molecule has 0 unspecified atom stereocenters. The SMILES string of the molecule is COC(=O)[C@@H](Cc1ccc(O)cc1)N=CC1C(=O)NC(=O)NC1=O. The number of nitrogens with zero attached hydrogens (tertiary/aromatic N) is 1. The second-order valence-electron chi connectivity index (χ2n) is 4.99. The van der Waals surface area contributed by atoms with Gasteiger partial charge < -0.3 is 9.84 Å². The number of methoxy groups -OCH3 is 1. The number of nitrogens with one attached hydrogen (secondary N) is 2. The number of carbonyl (C=O) groups excluding carboxylic acids is 4. The quantitative estimate of drug-likeness (QED) is 0.379. The van der Waals surface area contributed by atoms with E-state index in [1.54, 1.807) is 12.1 Å². The van der Waals surface area contributed by atoms with Crippen molar-refractivity contribution >= 4 is 30.0 Å². The summed E-state index contributed by atoms with van der Waals surface area (Å²) in [6.07, 6.45) is 1.16. The fourth-order valence-corrected chi connectivity index (χ4v) is 2.04. The molecule has 9 nitrogen and oxygen atoms in total. The molecule has 1 aromatic rings. The van der Waals surface area contributed by atoms with Gasteiger partial charge in [0, 0.05) is 12.6 Å². The van der Waals surface area contributed by atoms with E-state index in [1.165, 1.54) is 19.2 Å². The number of imide groups is 2. The maximum Gasteiger partial charge on any atom is 0.330 e. The van der Waals surface area contributed by atoms with Gasteiger partial charge >= 0.3 is 12.0 Å². The number of aliphatic imine (C=N–C) groups is 1. The highest BCUT2D eigenvalue weighted by Crippen LogP contribution is 2.13. The number of ether oxygens (including phenoxy) is 1. The Morgan fingerprint density at radius 3 is 2.38 bits per heavy atom. The van der Waals surface area contributed by atoms with Crippen LogP contribution in [0.15, 0.2) is 29.3 Å². The molecule has 4 amide bonds. The lowest BCUT2D eigenvalue weighted by atomic mass is 10.0. The molecule has 9 heteroatoms. The zero-order chi connectivity index (χ0) is 17.7.